The minimum atomic E-state index is -0.485. The number of carbonyl (C=O) groups excluding carboxylic acids is 2. The number of rotatable bonds is 10. The van der Waals surface area contributed by atoms with E-state index >= 15 is 4.39 Å². The number of para-hydroxylation sites is 1. The number of hydrogen-bond donors (Lipinski definition) is 2. The second kappa shape index (κ2) is 16.3. The van der Waals surface area contributed by atoms with Gasteiger partial charge in [-0.1, -0.05) is 36.7 Å². The van der Waals surface area contributed by atoms with Gasteiger partial charge in [0, 0.05) is 75.0 Å². The van der Waals surface area contributed by atoms with Crippen molar-refractivity contribution in [2.45, 2.75) is 40.2 Å². The third-order valence-electron chi connectivity index (χ3n) is 9.81. The summed E-state index contributed by atoms with van der Waals surface area (Å²) in [7, 11) is 2.07. The Morgan fingerprint density at radius 1 is 1.00 bits per heavy atom. The van der Waals surface area contributed by atoms with Gasteiger partial charge in [0.15, 0.2) is 0 Å². The number of anilines is 4. The highest BCUT2D eigenvalue weighted by Crippen LogP contribution is 2.33. The zero-order chi connectivity index (χ0) is 36.9. The van der Waals surface area contributed by atoms with Gasteiger partial charge in [-0.15, -0.1) is 0 Å². The van der Waals surface area contributed by atoms with E-state index in [0.717, 1.165) is 56.8 Å². The maximum atomic E-state index is 15.4. The Balaban J connectivity index is 1.25. The number of aromatic nitrogens is 2. The van der Waals surface area contributed by atoms with Crippen molar-refractivity contribution in [3.8, 4) is 11.6 Å². The van der Waals surface area contributed by atoms with Gasteiger partial charge in [0.05, 0.1) is 10.7 Å². The van der Waals surface area contributed by atoms with Gasteiger partial charge in [-0.05, 0) is 88.3 Å². The van der Waals surface area contributed by atoms with Gasteiger partial charge in [0.1, 0.15) is 17.1 Å². The SMILES string of the molecule is CCCN1CCN(C(=O)c2ccc(Oc3nc(Nc4ccc(N5CCN(C)C(C)C5)c(F)c4)ncc3C(=O)Nc3c(C)cccc3C)c(Cl)c2)CC1. The van der Waals surface area contributed by atoms with Crippen LogP contribution in [-0.2, 0) is 0 Å². The van der Waals surface area contributed by atoms with Crippen LogP contribution < -0.4 is 20.3 Å². The lowest BCUT2D eigenvalue weighted by molar-refractivity contribution is 0.0637. The van der Waals surface area contributed by atoms with Gasteiger partial charge in [0.25, 0.3) is 11.8 Å². The molecule has 2 N–H and O–H groups in total. The second-order valence-corrected chi connectivity index (χ2v) is 14.0. The Morgan fingerprint density at radius 2 is 1.75 bits per heavy atom. The second-order valence-electron chi connectivity index (χ2n) is 13.6. The van der Waals surface area contributed by atoms with Crippen molar-refractivity contribution in [3.63, 3.8) is 0 Å². The highest BCUT2D eigenvalue weighted by Gasteiger charge is 2.25. The van der Waals surface area contributed by atoms with Gasteiger partial charge in [0.2, 0.25) is 11.8 Å². The molecule has 1 atom stereocenters. The van der Waals surface area contributed by atoms with Crippen molar-refractivity contribution in [2.75, 3.05) is 74.9 Å². The molecule has 1 unspecified atom stereocenters. The molecule has 2 aliphatic heterocycles. The molecule has 0 radical (unpaired) electrons. The fraction of sp³-hybridized carbons (Fsp3) is 0.385. The lowest BCUT2D eigenvalue weighted by atomic mass is 10.1. The summed E-state index contributed by atoms with van der Waals surface area (Å²) < 4.78 is 21.6. The molecule has 0 aliphatic carbocycles. The van der Waals surface area contributed by atoms with Crippen molar-refractivity contribution in [2.24, 2.45) is 0 Å². The Kier molecular flexibility index (Phi) is 11.6. The monoisotopic (exact) mass is 728 g/mol. The molecule has 274 valence electrons. The average Bonchev–Trinajstić information content (AvgIpc) is 3.12. The first-order valence-electron chi connectivity index (χ1n) is 17.8. The molecule has 0 saturated carbocycles. The van der Waals surface area contributed by atoms with E-state index in [2.05, 4.69) is 51.3 Å². The highest BCUT2D eigenvalue weighted by molar-refractivity contribution is 6.32. The first kappa shape index (κ1) is 37.0. The van der Waals surface area contributed by atoms with E-state index in [1.807, 2.05) is 41.8 Å². The standard InChI is InChI=1S/C39H46ClFN8O3/c1-6-14-47-16-19-48(20-17-47)38(51)28-10-13-34(31(40)21-28)52-37-30(36(50)44-35-25(2)8-7-9-26(35)3)23-42-39(45-37)43-29-11-12-33(32(41)22-29)49-18-15-46(5)27(4)24-49/h7-13,21-23,27H,6,14-20,24H2,1-5H3,(H,44,50)(H,42,43,45). The Labute approximate surface area is 309 Å². The number of hydrogen-bond acceptors (Lipinski definition) is 9. The number of ether oxygens (including phenoxy) is 1. The van der Waals surface area contributed by atoms with Crippen molar-refractivity contribution < 1.29 is 18.7 Å². The van der Waals surface area contributed by atoms with Gasteiger partial charge in [-0.2, -0.15) is 4.98 Å². The number of aryl methyl sites for hydroxylation is 2. The van der Waals surface area contributed by atoms with Crippen LogP contribution in [0.1, 0.15) is 52.1 Å². The summed E-state index contributed by atoms with van der Waals surface area (Å²) in [5, 5.41) is 6.19. The number of halogens is 2. The molecule has 4 aromatic rings. The molecule has 1 aromatic heterocycles. The van der Waals surface area contributed by atoms with E-state index in [0.29, 0.717) is 41.8 Å². The van der Waals surface area contributed by atoms with Crippen LogP contribution in [0, 0.1) is 19.7 Å². The van der Waals surface area contributed by atoms with E-state index in [1.54, 1.807) is 30.3 Å². The molecular formula is C39H46ClFN8O3. The summed E-state index contributed by atoms with van der Waals surface area (Å²) >= 11 is 6.70. The molecule has 11 nitrogen and oxygen atoms in total. The summed E-state index contributed by atoms with van der Waals surface area (Å²) in [6, 6.07) is 15.8. The van der Waals surface area contributed by atoms with Gasteiger partial charge in [-0.3, -0.25) is 14.5 Å². The summed E-state index contributed by atoms with van der Waals surface area (Å²) in [5.41, 5.74) is 3.91. The highest BCUT2D eigenvalue weighted by atomic mass is 35.5. The summed E-state index contributed by atoms with van der Waals surface area (Å²) in [4.78, 5) is 44.5. The van der Waals surface area contributed by atoms with Gasteiger partial charge >= 0.3 is 0 Å². The molecule has 6 rings (SSSR count). The largest absolute Gasteiger partial charge is 0.436 e. The topological polar surface area (TPSA) is 106 Å². The van der Waals surface area contributed by atoms with Crippen LogP contribution in [0.25, 0.3) is 0 Å². The first-order valence-corrected chi connectivity index (χ1v) is 18.1. The molecule has 2 saturated heterocycles. The van der Waals surface area contributed by atoms with Crippen LogP contribution in [0.15, 0.2) is 60.8 Å². The van der Waals surface area contributed by atoms with E-state index in [-0.39, 0.29) is 39.9 Å². The molecular weight excluding hydrogens is 683 g/mol. The smallest absolute Gasteiger partial charge is 0.262 e. The Bertz CT molecular complexity index is 1920. The molecule has 52 heavy (non-hydrogen) atoms. The molecule has 2 aliphatic rings. The average molecular weight is 729 g/mol. The van der Waals surface area contributed by atoms with Crippen molar-refractivity contribution in [1.29, 1.82) is 0 Å². The van der Waals surface area contributed by atoms with Crippen molar-refractivity contribution in [3.05, 3.63) is 93.9 Å². The summed E-state index contributed by atoms with van der Waals surface area (Å²) in [6.07, 6.45) is 2.43. The van der Waals surface area contributed by atoms with E-state index in [1.165, 1.54) is 12.3 Å². The predicted octanol–water partition coefficient (Wildman–Crippen LogP) is 6.98. The lowest BCUT2D eigenvalue weighted by Crippen LogP contribution is -2.50. The number of amides is 2. The van der Waals surface area contributed by atoms with Gasteiger partial charge in [-0.25, -0.2) is 9.37 Å². The summed E-state index contributed by atoms with van der Waals surface area (Å²) in [6.45, 7) is 14.4. The van der Waals surface area contributed by atoms with Crippen molar-refractivity contribution >= 4 is 46.4 Å². The number of piperazine rings is 2. The zero-order valence-corrected chi connectivity index (χ0v) is 31.1. The fourth-order valence-corrected chi connectivity index (χ4v) is 6.80. The molecule has 3 heterocycles. The van der Waals surface area contributed by atoms with Crippen LogP contribution >= 0.6 is 11.6 Å². The summed E-state index contributed by atoms with van der Waals surface area (Å²) in [5.74, 6) is -0.740. The van der Waals surface area contributed by atoms with Crippen molar-refractivity contribution in [1.82, 2.24) is 24.7 Å². The quantitative estimate of drug-likeness (QED) is 0.179. The number of nitrogens with zero attached hydrogens (tertiary/aromatic N) is 6. The first-order chi connectivity index (χ1) is 25.0. The molecule has 2 amide bonds. The molecule has 3 aromatic carbocycles. The number of nitrogens with one attached hydrogen (secondary N) is 2. The fourth-order valence-electron chi connectivity index (χ4n) is 6.58. The molecule has 0 spiro atoms. The molecule has 13 heteroatoms. The normalized spacial score (nSPS) is 16.9. The zero-order valence-electron chi connectivity index (χ0n) is 30.4. The number of benzene rings is 3. The van der Waals surface area contributed by atoms with Crippen LogP contribution in [0.2, 0.25) is 5.02 Å². The van der Waals surface area contributed by atoms with E-state index in [9.17, 15) is 9.59 Å². The van der Waals surface area contributed by atoms with E-state index < -0.39 is 5.91 Å². The predicted molar refractivity (Wildman–Crippen MR) is 204 cm³/mol. The third-order valence-corrected chi connectivity index (χ3v) is 10.1. The molecule has 0 bridgehead atoms. The minimum Gasteiger partial charge on any atom is -0.436 e. The number of likely N-dealkylation sites (N-methyl/N-ethyl adjacent to an activating group) is 1. The Hall–Kier alpha value is -4.78. The lowest BCUT2D eigenvalue weighted by Gasteiger charge is -2.39. The van der Waals surface area contributed by atoms with Crippen LogP contribution in [0.5, 0.6) is 11.6 Å². The number of carbonyl (C=O) groups is 2. The third kappa shape index (κ3) is 8.46. The van der Waals surface area contributed by atoms with Crippen LogP contribution in [-0.4, -0.2) is 102 Å². The Morgan fingerprint density at radius 3 is 2.42 bits per heavy atom. The van der Waals surface area contributed by atoms with Gasteiger partial charge < -0.3 is 30.1 Å². The maximum Gasteiger partial charge on any atom is 0.262 e. The maximum absolute atomic E-state index is 15.4. The van der Waals surface area contributed by atoms with Crippen LogP contribution in [0.3, 0.4) is 0 Å². The van der Waals surface area contributed by atoms with E-state index in [4.69, 9.17) is 16.3 Å². The van der Waals surface area contributed by atoms with Crippen LogP contribution in [0.4, 0.5) is 27.4 Å². The minimum absolute atomic E-state index is 0.0556. The molecule has 2 fully saturated rings.